The molecule has 0 atom stereocenters. The van der Waals surface area contributed by atoms with Gasteiger partial charge < -0.3 is 4.57 Å². The smallest absolute Gasteiger partial charge is 0.264 e. The molecule has 1 aromatic carbocycles. The maximum Gasteiger partial charge on any atom is 0.264 e. The zero-order valence-corrected chi connectivity index (χ0v) is 16.8. The third kappa shape index (κ3) is 3.29. The summed E-state index contributed by atoms with van der Waals surface area (Å²) < 4.78 is 16.4. The summed E-state index contributed by atoms with van der Waals surface area (Å²) >= 11 is 5.87. The number of halogens is 2. The average Bonchev–Trinajstić information content (AvgIpc) is 2.78. The van der Waals surface area contributed by atoms with Crippen molar-refractivity contribution < 1.29 is 4.39 Å². The van der Waals surface area contributed by atoms with Crippen LogP contribution >= 0.6 is 11.6 Å². The molecule has 0 amide bonds. The Labute approximate surface area is 179 Å². The Morgan fingerprint density at radius 2 is 1.84 bits per heavy atom. The highest BCUT2D eigenvalue weighted by Crippen LogP contribution is 2.21. The second-order valence-corrected chi connectivity index (χ2v) is 7.45. The lowest BCUT2D eigenvalue weighted by molar-refractivity contribution is 0.627. The predicted molar refractivity (Wildman–Crippen MR) is 117 cm³/mol. The van der Waals surface area contributed by atoms with Crippen LogP contribution < -0.4 is 11.1 Å². The minimum absolute atomic E-state index is 0.0839. The highest BCUT2D eigenvalue weighted by molar-refractivity contribution is 6.30. The summed E-state index contributed by atoms with van der Waals surface area (Å²) in [6.07, 6.45) is 8.05. The Hall–Kier alpha value is -3.84. The van der Waals surface area contributed by atoms with Crippen molar-refractivity contribution >= 4 is 33.3 Å². The van der Waals surface area contributed by atoms with Gasteiger partial charge in [-0.05, 0) is 42.0 Å². The minimum atomic E-state index is -0.568. The fourth-order valence-corrected chi connectivity index (χ4v) is 3.78. The number of rotatable bonds is 3. The van der Waals surface area contributed by atoms with E-state index in [0.717, 1.165) is 5.56 Å². The molecule has 4 aromatic heterocycles. The summed E-state index contributed by atoms with van der Waals surface area (Å²) in [5, 5.41) is 1.07. The first kappa shape index (κ1) is 19.1. The van der Waals surface area contributed by atoms with Crippen LogP contribution in [0.15, 0.2) is 83.0 Å². The highest BCUT2D eigenvalue weighted by Gasteiger charge is 2.13. The quantitative estimate of drug-likeness (QED) is 0.405. The van der Waals surface area contributed by atoms with Crippen LogP contribution in [0.2, 0.25) is 5.02 Å². The van der Waals surface area contributed by atoms with E-state index < -0.39 is 5.82 Å². The summed E-state index contributed by atoms with van der Waals surface area (Å²) in [5.74, 6) is -0.568. The lowest BCUT2D eigenvalue weighted by Crippen LogP contribution is -2.22. The Bertz CT molecular complexity index is 1580. The van der Waals surface area contributed by atoms with Crippen LogP contribution in [-0.2, 0) is 6.54 Å². The zero-order valence-electron chi connectivity index (χ0n) is 16.0. The van der Waals surface area contributed by atoms with Gasteiger partial charge in [-0.1, -0.05) is 17.7 Å². The van der Waals surface area contributed by atoms with E-state index >= 15 is 0 Å². The molecular weight excluding hydrogens is 419 g/mol. The average molecular weight is 433 g/mol. The molecular formula is C23H14ClFN4O2. The number of nitrogens with zero attached hydrogens (tertiary/aromatic N) is 4. The van der Waals surface area contributed by atoms with Gasteiger partial charge in [-0.15, -0.1) is 0 Å². The topological polar surface area (TPSA) is 69.8 Å². The van der Waals surface area contributed by atoms with Gasteiger partial charge >= 0.3 is 0 Å². The number of hydrogen-bond acceptors (Lipinski definition) is 4. The van der Waals surface area contributed by atoms with Gasteiger partial charge in [-0.3, -0.25) is 24.1 Å². The molecule has 152 valence electrons. The molecule has 0 aliphatic heterocycles. The van der Waals surface area contributed by atoms with Crippen LogP contribution in [0.25, 0.3) is 27.4 Å². The van der Waals surface area contributed by atoms with E-state index in [1.54, 1.807) is 41.5 Å². The molecule has 0 aliphatic carbocycles. The zero-order chi connectivity index (χ0) is 21.5. The van der Waals surface area contributed by atoms with Gasteiger partial charge in [0.2, 0.25) is 0 Å². The van der Waals surface area contributed by atoms with Crippen LogP contribution in [-0.4, -0.2) is 19.1 Å². The van der Waals surface area contributed by atoms with Crippen molar-refractivity contribution in [3.05, 3.63) is 111 Å². The third-order valence-corrected chi connectivity index (χ3v) is 5.42. The van der Waals surface area contributed by atoms with Crippen molar-refractivity contribution in [3.8, 4) is 5.69 Å². The van der Waals surface area contributed by atoms with Crippen LogP contribution in [0.4, 0.5) is 4.39 Å². The largest absolute Gasteiger partial charge is 0.310 e. The molecule has 0 N–H and O–H groups in total. The predicted octanol–water partition coefficient (Wildman–Crippen LogP) is 3.94. The molecule has 8 heteroatoms. The molecule has 4 heterocycles. The van der Waals surface area contributed by atoms with Gasteiger partial charge in [0.05, 0.1) is 33.5 Å². The molecule has 0 fully saturated rings. The molecule has 5 rings (SSSR count). The fraction of sp³-hybridized carbons (Fsp3) is 0.0435. The van der Waals surface area contributed by atoms with Crippen molar-refractivity contribution in [2.45, 2.75) is 6.54 Å². The third-order valence-electron chi connectivity index (χ3n) is 5.13. The van der Waals surface area contributed by atoms with E-state index in [-0.39, 0.29) is 21.5 Å². The standard InChI is InChI=1S/C23H14ClFN4O2/c24-18-10-15(3-4-19(18)25)29-9-5-16-17(22(29)30)12-27-20-6-8-28(23(31)21(16)20)13-14-2-1-7-26-11-14/h1-12H,13H2. The first-order chi connectivity index (χ1) is 15.0. The van der Waals surface area contributed by atoms with Crippen molar-refractivity contribution in [1.29, 1.82) is 0 Å². The summed E-state index contributed by atoms with van der Waals surface area (Å²) in [4.78, 5) is 34.8. The maximum absolute atomic E-state index is 13.5. The Kier molecular flexibility index (Phi) is 4.60. The first-order valence-electron chi connectivity index (χ1n) is 9.41. The minimum Gasteiger partial charge on any atom is -0.310 e. The van der Waals surface area contributed by atoms with Gasteiger partial charge in [0.1, 0.15) is 5.82 Å². The normalized spacial score (nSPS) is 11.3. The Morgan fingerprint density at radius 3 is 2.61 bits per heavy atom. The lowest BCUT2D eigenvalue weighted by atomic mass is 10.1. The summed E-state index contributed by atoms with van der Waals surface area (Å²) in [6, 6.07) is 11.2. The molecule has 0 unspecified atom stereocenters. The SMILES string of the molecule is O=c1c2c(ccn1Cc1cccnc1)ncc1c(=O)n(-c3ccc(F)c(Cl)c3)ccc12. The van der Waals surface area contributed by atoms with Crippen LogP contribution in [0.3, 0.4) is 0 Å². The Morgan fingerprint density at radius 1 is 0.968 bits per heavy atom. The van der Waals surface area contributed by atoms with Crippen molar-refractivity contribution in [3.63, 3.8) is 0 Å². The Balaban J connectivity index is 1.71. The van der Waals surface area contributed by atoms with Crippen LogP contribution in [0.5, 0.6) is 0 Å². The molecule has 0 saturated heterocycles. The van der Waals surface area contributed by atoms with E-state index in [0.29, 0.717) is 28.5 Å². The lowest BCUT2D eigenvalue weighted by Gasteiger charge is -2.11. The monoisotopic (exact) mass is 432 g/mol. The van der Waals surface area contributed by atoms with Crippen LogP contribution in [0.1, 0.15) is 5.56 Å². The number of hydrogen-bond donors (Lipinski definition) is 0. The van der Waals surface area contributed by atoms with Crippen molar-refractivity contribution in [1.82, 2.24) is 19.1 Å². The number of fused-ring (bicyclic) bond motifs is 3. The second-order valence-electron chi connectivity index (χ2n) is 7.05. The maximum atomic E-state index is 13.5. The summed E-state index contributed by atoms with van der Waals surface area (Å²) in [7, 11) is 0. The van der Waals surface area contributed by atoms with E-state index in [2.05, 4.69) is 9.97 Å². The van der Waals surface area contributed by atoms with E-state index in [9.17, 15) is 14.0 Å². The van der Waals surface area contributed by atoms with Gasteiger partial charge in [0.15, 0.2) is 0 Å². The summed E-state index contributed by atoms with van der Waals surface area (Å²) in [5.41, 5.74) is 1.17. The molecule has 6 nitrogen and oxygen atoms in total. The molecule has 5 aromatic rings. The van der Waals surface area contributed by atoms with Gasteiger partial charge in [-0.2, -0.15) is 0 Å². The van der Waals surface area contributed by atoms with E-state index in [1.165, 1.54) is 29.0 Å². The van der Waals surface area contributed by atoms with E-state index in [1.807, 2.05) is 12.1 Å². The molecule has 0 saturated carbocycles. The van der Waals surface area contributed by atoms with E-state index in [4.69, 9.17) is 11.6 Å². The molecule has 0 bridgehead atoms. The number of pyridine rings is 4. The van der Waals surface area contributed by atoms with Gasteiger partial charge in [0.25, 0.3) is 11.1 Å². The highest BCUT2D eigenvalue weighted by atomic mass is 35.5. The number of aromatic nitrogens is 4. The molecule has 31 heavy (non-hydrogen) atoms. The molecule has 0 spiro atoms. The molecule has 0 radical (unpaired) electrons. The first-order valence-corrected chi connectivity index (χ1v) is 9.78. The van der Waals surface area contributed by atoms with Crippen molar-refractivity contribution in [2.75, 3.05) is 0 Å². The fourth-order valence-electron chi connectivity index (χ4n) is 3.60. The molecule has 0 aliphatic rings. The number of benzene rings is 1. The van der Waals surface area contributed by atoms with Crippen LogP contribution in [0, 0.1) is 5.82 Å². The second kappa shape index (κ2) is 7.45. The van der Waals surface area contributed by atoms with Gasteiger partial charge in [-0.25, -0.2) is 4.39 Å². The van der Waals surface area contributed by atoms with Gasteiger partial charge in [0, 0.05) is 36.4 Å². The summed E-state index contributed by atoms with van der Waals surface area (Å²) in [6.45, 7) is 0.351. The van der Waals surface area contributed by atoms with Crippen molar-refractivity contribution in [2.24, 2.45) is 0 Å².